The maximum atomic E-state index is 12.3. The molecule has 0 spiro atoms. The Morgan fingerprint density at radius 2 is 1.26 bits per heavy atom. The molecular weight excluding hydrogens is 754 g/mol. The topological polar surface area (TPSA) is 205 Å². The Labute approximate surface area is 334 Å². The average Bonchev–Trinajstić information content (AvgIpc) is 3.66. The molecule has 0 aromatic rings. The minimum Gasteiger partial charge on any atom is -0.675 e. The van der Waals surface area contributed by atoms with Crippen molar-refractivity contribution in [3.63, 3.8) is 0 Å². The predicted octanol–water partition coefficient (Wildman–Crippen LogP) is 3.65. The largest absolute Gasteiger partial charge is 0.675 e. The van der Waals surface area contributed by atoms with Gasteiger partial charge in [0.2, 0.25) is 17.7 Å². The van der Waals surface area contributed by atoms with E-state index in [0.29, 0.717) is 38.3 Å². The Kier molecular flexibility index (Phi) is 30.5. The fraction of sp³-hybridized carbons (Fsp3) is 0.781. The normalized spacial score (nSPS) is 25.6. The Hall–Kier alpha value is -0.562. The molecule has 0 aromatic carbocycles. The van der Waals surface area contributed by atoms with Gasteiger partial charge in [-0.1, -0.05) is 39.5 Å². The first-order chi connectivity index (χ1) is 20.6. The molecule has 2 radical (unpaired) electrons. The van der Waals surface area contributed by atoms with Crippen LogP contribution in [0, 0.1) is 38.5 Å². The molecule has 3 aliphatic carbocycles. The van der Waals surface area contributed by atoms with Crippen LogP contribution >= 0.6 is 0 Å². The smallest absolute Gasteiger partial charge is 0.329 e. The number of hydrogen-bond donors (Lipinski definition) is 6. The monoisotopic (exact) mass is 814 g/mol. The van der Waals surface area contributed by atoms with Crippen LogP contribution in [0.25, 0.3) is 11.5 Å². The van der Waals surface area contributed by atoms with Gasteiger partial charge >= 0.3 is 6.03 Å². The summed E-state index contributed by atoms with van der Waals surface area (Å²) in [6.45, 7) is 4.90. The summed E-state index contributed by atoms with van der Waals surface area (Å²) in [5.74, 6) is 0.473. The molecule has 0 heterocycles. The number of carbonyl (C=O) groups is 5. The number of nitrogens with one attached hydrogen (secondary N) is 8. The summed E-state index contributed by atoms with van der Waals surface area (Å²) in [5.41, 5.74) is 20.7. The molecule has 5 amide bonds. The Morgan fingerprint density at radius 3 is 1.68 bits per heavy atom. The SMILES string of the molecule is CC[C@@H](C=O)NC(=O)[C@H]1CC[C@H]([NH-])C1.CC[C@@H](CNNC(=O)NCC1CCC(C(=O)NC)CC1)NC(=O)[C@H]1CC[C@H]([NH-])C1.[CH3-].[CH3-].[Y].[Y]. The van der Waals surface area contributed by atoms with Crippen molar-refractivity contribution < 1.29 is 89.4 Å². The van der Waals surface area contributed by atoms with Crippen molar-refractivity contribution in [2.75, 3.05) is 20.1 Å². The van der Waals surface area contributed by atoms with Crippen molar-refractivity contribution in [1.82, 2.24) is 32.1 Å². The summed E-state index contributed by atoms with van der Waals surface area (Å²) in [5, 5.41) is 11.3. The zero-order chi connectivity index (χ0) is 31.8. The fourth-order valence-corrected chi connectivity index (χ4v) is 5.96. The Balaban J connectivity index is -0.000000920. The van der Waals surface area contributed by atoms with E-state index in [1.54, 1.807) is 7.05 Å². The van der Waals surface area contributed by atoms with Crippen molar-refractivity contribution in [3.05, 3.63) is 26.3 Å². The van der Waals surface area contributed by atoms with E-state index in [1.165, 1.54) is 0 Å². The van der Waals surface area contributed by atoms with Gasteiger partial charge in [-0.3, -0.25) is 19.8 Å². The van der Waals surface area contributed by atoms with Crippen molar-refractivity contribution in [3.8, 4) is 0 Å². The maximum Gasteiger partial charge on any atom is 0.329 e. The van der Waals surface area contributed by atoms with Crippen molar-refractivity contribution in [2.45, 2.75) is 115 Å². The number of rotatable bonds is 13. The number of urea groups is 1. The third-order valence-corrected chi connectivity index (χ3v) is 8.94. The van der Waals surface area contributed by atoms with Crippen molar-refractivity contribution in [2.24, 2.45) is 23.7 Å². The molecule has 0 bridgehead atoms. The molecule has 0 saturated heterocycles. The number of hydrogen-bond acceptors (Lipinski definition) is 6. The molecule has 6 atom stereocenters. The van der Waals surface area contributed by atoms with Crippen LogP contribution in [0.3, 0.4) is 0 Å². The summed E-state index contributed by atoms with van der Waals surface area (Å²) in [4.78, 5) is 58.0. The minimum absolute atomic E-state index is 0. The summed E-state index contributed by atoms with van der Waals surface area (Å²) in [7, 11) is 1.67. The molecule has 8 N–H and O–H groups in total. The third-order valence-electron chi connectivity index (χ3n) is 8.94. The van der Waals surface area contributed by atoms with Gasteiger partial charge in [-0.2, -0.15) is 0 Å². The molecular formula is C32H60N8O5Y2-4. The first-order valence-electron chi connectivity index (χ1n) is 16.1. The van der Waals surface area contributed by atoms with Gasteiger partial charge in [-0.25, -0.2) is 10.2 Å². The van der Waals surface area contributed by atoms with E-state index in [0.717, 1.165) is 64.1 Å². The maximum absolute atomic E-state index is 12.3. The summed E-state index contributed by atoms with van der Waals surface area (Å²) < 4.78 is 0. The summed E-state index contributed by atoms with van der Waals surface area (Å²) in [6, 6.07) is -0.914. The molecule has 47 heavy (non-hydrogen) atoms. The van der Waals surface area contributed by atoms with Crippen molar-refractivity contribution >= 4 is 30.0 Å². The molecule has 0 aliphatic heterocycles. The second-order valence-corrected chi connectivity index (χ2v) is 12.2. The zero-order valence-electron chi connectivity index (χ0n) is 29.3. The first kappa shape index (κ1) is 50.8. The van der Waals surface area contributed by atoms with Gasteiger partial charge in [0.15, 0.2) is 0 Å². The van der Waals surface area contributed by atoms with Crippen LogP contribution in [-0.4, -0.2) is 74.3 Å². The first-order valence-corrected chi connectivity index (χ1v) is 16.1. The van der Waals surface area contributed by atoms with Gasteiger partial charge in [0.1, 0.15) is 6.29 Å². The van der Waals surface area contributed by atoms with E-state index in [9.17, 15) is 24.0 Å². The average molecular weight is 815 g/mol. The standard InChI is InChI=1S/C20H37N6O3.C10H17N2O2.2CH3.2Y/c1-3-17(25-19(28)15-8-9-16(21)10-15)12-24-26-20(29)23-11-13-4-6-14(7-5-13)18(27)22-2;1-2-9(6-13)12-10(14)7-3-4-8(11)5-7;;;;/h13-17,21,24H,3-12H2,1-2H3,(H,22,27)(H,25,28)(H2,23,26,29);6-9,11H,2-5H2,1H3,(H,12,14);2*1H3;;/q4*-1;;/t13?,14?,15-,16-,17-;7-,8-,9-;;;;/m00..../s1. The predicted molar refractivity (Wildman–Crippen MR) is 178 cm³/mol. The second-order valence-electron chi connectivity index (χ2n) is 12.2. The van der Waals surface area contributed by atoms with E-state index in [-0.39, 0.29) is 146 Å². The van der Waals surface area contributed by atoms with Crippen LogP contribution in [0.5, 0.6) is 0 Å². The van der Waals surface area contributed by atoms with Gasteiger partial charge in [0.05, 0.1) is 6.04 Å². The summed E-state index contributed by atoms with van der Waals surface area (Å²) in [6.07, 6.45) is 10.2. The number of aldehydes is 1. The molecule has 15 heteroatoms. The number of hydrazine groups is 1. The molecule has 268 valence electrons. The number of amides is 5. The van der Waals surface area contributed by atoms with E-state index < -0.39 is 0 Å². The van der Waals surface area contributed by atoms with Crippen LogP contribution in [0.15, 0.2) is 0 Å². The molecule has 3 rings (SSSR count). The van der Waals surface area contributed by atoms with Crippen LogP contribution in [0.1, 0.15) is 90.9 Å². The van der Waals surface area contributed by atoms with E-state index >= 15 is 0 Å². The molecule has 3 saturated carbocycles. The molecule has 3 aliphatic rings. The van der Waals surface area contributed by atoms with Gasteiger partial charge < -0.3 is 52.4 Å². The third kappa shape index (κ3) is 19.4. The van der Waals surface area contributed by atoms with Crippen LogP contribution in [-0.2, 0) is 84.6 Å². The Morgan fingerprint density at radius 1 is 0.745 bits per heavy atom. The van der Waals surface area contributed by atoms with Gasteiger partial charge in [0.25, 0.3) is 0 Å². The summed E-state index contributed by atoms with van der Waals surface area (Å²) >= 11 is 0. The zero-order valence-corrected chi connectivity index (χ0v) is 35.0. The van der Waals surface area contributed by atoms with Crippen LogP contribution in [0.4, 0.5) is 4.79 Å². The van der Waals surface area contributed by atoms with E-state index in [1.807, 2.05) is 13.8 Å². The van der Waals surface area contributed by atoms with Crippen LogP contribution < -0.4 is 32.1 Å². The van der Waals surface area contributed by atoms with E-state index in [2.05, 4.69) is 32.1 Å². The van der Waals surface area contributed by atoms with E-state index in [4.69, 9.17) is 11.5 Å². The van der Waals surface area contributed by atoms with Crippen molar-refractivity contribution in [1.29, 1.82) is 0 Å². The van der Waals surface area contributed by atoms with Gasteiger partial charge in [-0.05, 0) is 57.3 Å². The molecule has 0 aromatic heterocycles. The quantitative estimate of drug-likeness (QED) is 0.0930. The minimum atomic E-state index is -0.354. The molecule has 0 unspecified atom stereocenters. The second kappa shape index (κ2) is 28.2. The van der Waals surface area contributed by atoms with Gasteiger partial charge in [-0.15, -0.1) is 12.1 Å². The molecule has 3 fully saturated rings. The number of carbonyl (C=O) groups excluding carboxylic acids is 5. The molecule has 13 nitrogen and oxygen atoms in total. The van der Waals surface area contributed by atoms with Gasteiger partial charge in [0, 0.05) is 109 Å². The van der Waals surface area contributed by atoms with Crippen LogP contribution in [0.2, 0.25) is 0 Å². The fourth-order valence-electron chi connectivity index (χ4n) is 5.96. The Bertz CT molecular complexity index is 911.